The first kappa shape index (κ1) is 23.6. The minimum absolute atomic E-state index is 0.0685. The Kier molecular flexibility index (Phi) is 7.04. The number of carbonyl (C=O) groups is 2. The molecule has 0 amide bonds. The van der Waals surface area contributed by atoms with Crippen LogP contribution >= 0.6 is 0 Å². The molecule has 3 aliphatic rings. The minimum atomic E-state index is -0.262. The van der Waals surface area contributed by atoms with Crippen LogP contribution < -0.4 is 0 Å². The summed E-state index contributed by atoms with van der Waals surface area (Å²) < 4.78 is 11.1. The SMILES string of the molecule is C=C1CCC2[C@H](COC(C)=O)C([C@@]3(C)CC[C@H](OC(C)=O)C[C@@H]3CN=[N+]=[N-])CC[C@]12C. The zero-order valence-corrected chi connectivity index (χ0v) is 19.4. The molecule has 3 rings (SSSR count). The maximum Gasteiger partial charge on any atom is 0.302 e. The summed E-state index contributed by atoms with van der Waals surface area (Å²) in [6.45, 7) is 12.8. The molecule has 0 aromatic carbocycles. The topological polar surface area (TPSA) is 101 Å². The van der Waals surface area contributed by atoms with E-state index in [9.17, 15) is 9.59 Å². The van der Waals surface area contributed by atoms with Crippen LogP contribution in [-0.2, 0) is 19.1 Å². The van der Waals surface area contributed by atoms with E-state index in [4.69, 9.17) is 15.0 Å². The van der Waals surface area contributed by atoms with Crippen LogP contribution in [0.4, 0.5) is 0 Å². The Hall–Kier alpha value is -2.01. The molecule has 3 saturated carbocycles. The van der Waals surface area contributed by atoms with E-state index in [1.54, 1.807) is 0 Å². The number of hydrogen-bond donors (Lipinski definition) is 0. The summed E-state index contributed by atoms with van der Waals surface area (Å²) in [5.41, 5.74) is 10.3. The van der Waals surface area contributed by atoms with Crippen molar-refractivity contribution in [2.45, 2.75) is 78.7 Å². The molecular formula is C24H37N3O4. The predicted octanol–water partition coefficient (Wildman–Crippen LogP) is 5.60. The number of hydrogen-bond acceptors (Lipinski definition) is 5. The maximum absolute atomic E-state index is 11.7. The molecule has 0 bridgehead atoms. The Morgan fingerprint density at radius 3 is 2.55 bits per heavy atom. The Morgan fingerprint density at radius 2 is 1.90 bits per heavy atom. The summed E-state index contributed by atoms with van der Waals surface area (Å²) in [5.74, 6) is 0.680. The molecule has 31 heavy (non-hydrogen) atoms. The minimum Gasteiger partial charge on any atom is -0.466 e. The second-order valence-corrected chi connectivity index (χ2v) is 10.4. The molecule has 0 radical (unpaired) electrons. The van der Waals surface area contributed by atoms with E-state index in [-0.39, 0.29) is 40.7 Å². The van der Waals surface area contributed by atoms with E-state index in [0.29, 0.717) is 31.4 Å². The van der Waals surface area contributed by atoms with E-state index < -0.39 is 0 Å². The third-order valence-corrected chi connectivity index (χ3v) is 8.90. The van der Waals surface area contributed by atoms with E-state index in [1.807, 2.05) is 0 Å². The molecule has 172 valence electrons. The average Bonchev–Trinajstić information content (AvgIpc) is 3.01. The van der Waals surface area contributed by atoms with Crippen molar-refractivity contribution in [3.63, 3.8) is 0 Å². The van der Waals surface area contributed by atoms with Gasteiger partial charge in [0.1, 0.15) is 6.10 Å². The van der Waals surface area contributed by atoms with E-state index in [2.05, 4.69) is 30.5 Å². The van der Waals surface area contributed by atoms with Gasteiger partial charge in [0.2, 0.25) is 0 Å². The van der Waals surface area contributed by atoms with Crippen molar-refractivity contribution < 1.29 is 19.1 Å². The van der Waals surface area contributed by atoms with Gasteiger partial charge in [0.15, 0.2) is 0 Å². The Labute approximate surface area is 185 Å². The monoisotopic (exact) mass is 431 g/mol. The van der Waals surface area contributed by atoms with Gasteiger partial charge in [-0.1, -0.05) is 31.1 Å². The molecule has 0 saturated heterocycles. The summed E-state index contributed by atoms with van der Waals surface area (Å²) >= 11 is 0. The molecule has 0 N–H and O–H groups in total. The number of esters is 2. The first-order chi connectivity index (χ1) is 14.6. The van der Waals surface area contributed by atoms with Gasteiger partial charge in [0, 0.05) is 31.2 Å². The second kappa shape index (κ2) is 9.23. The van der Waals surface area contributed by atoms with Crippen molar-refractivity contribution in [2.24, 2.45) is 39.6 Å². The smallest absolute Gasteiger partial charge is 0.302 e. The van der Waals surface area contributed by atoms with Crippen LogP contribution in [0.25, 0.3) is 10.4 Å². The molecule has 7 nitrogen and oxygen atoms in total. The van der Waals surface area contributed by atoms with Crippen molar-refractivity contribution in [3.8, 4) is 0 Å². The van der Waals surface area contributed by atoms with Crippen molar-refractivity contribution in [3.05, 3.63) is 22.6 Å². The largest absolute Gasteiger partial charge is 0.466 e. The molecule has 3 aliphatic carbocycles. The quantitative estimate of drug-likeness (QED) is 0.180. The Bertz CT molecular complexity index is 777. The van der Waals surface area contributed by atoms with Gasteiger partial charge in [-0.2, -0.15) is 0 Å². The average molecular weight is 432 g/mol. The molecule has 0 aliphatic heterocycles. The van der Waals surface area contributed by atoms with E-state index in [0.717, 1.165) is 38.5 Å². The zero-order valence-electron chi connectivity index (χ0n) is 19.4. The predicted molar refractivity (Wildman–Crippen MR) is 118 cm³/mol. The first-order valence-corrected chi connectivity index (χ1v) is 11.6. The fourth-order valence-corrected chi connectivity index (χ4v) is 7.09. The molecule has 7 heteroatoms. The van der Waals surface area contributed by atoms with Gasteiger partial charge in [-0.25, -0.2) is 0 Å². The fraction of sp³-hybridized carbons (Fsp3) is 0.833. The zero-order chi connectivity index (χ0) is 22.8. The van der Waals surface area contributed by atoms with Crippen LogP contribution in [0, 0.1) is 34.5 Å². The van der Waals surface area contributed by atoms with Gasteiger partial charge in [-0.15, -0.1) is 0 Å². The van der Waals surface area contributed by atoms with Gasteiger partial charge >= 0.3 is 11.9 Å². The fourth-order valence-electron chi connectivity index (χ4n) is 7.09. The molecule has 0 heterocycles. The number of rotatable bonds is 6. The molecule has 7 atom stereocenters. The molecule has 2 unspecified atom stereocenters. The van der Waals surface area contributed by atoms with Gasteiger partial charge in [0.05, 0.1) is 6.61 Å². The number of allylic oxidation sites excluding steroid dienone is 1. The van der Waals surface area contributed by atoms with Crippen molar-refractivity contribution in [1.82, 2.24) is 0 Å². The van der Waals surface area contributed by atoms with Gasteiger partial charge in [0.25, 0.3) is 0 Å². The lowest BCUT2D eigenvalue weighted by molar-refractivity contribution is -0.156. The van der Waals surface area contributed by atoms with Crippen molar-refractivity contribution in [1.29, 1.82) is 0 Å². The first-order valence-electron chi connectivity index (χ1n) is 11.6. The third kappa shape index (κ3) is 4.62. The highest BCUT2D eigenvalue weighted by atomic mass is 16.5. The molecule has 0 aromatic rings. The Balaban J connectivity index is 1.91. The highest BCUT2D eigenvalue weighted by Gasteiger charge is 2.57. The van der Waals surface area contributed by atoms with Crippen LogP contribution in [0.15, 0.2) is 17.3 Å². The van der Waals surface area contributed by atoms with Gasteiger partial charge in [-0.3, -0.25) is 9.59 Å². The lowest BCUT2D eigenvalue weighted by Gasteiger charge is -2.56. The van der Waals surface area contributed by atoms with Crippen LogP contribution in [0.5, 0.6) is 0 Å². The number of fused-ring (bicyclic) bond motifs is 1. The maximum atomic E-state index is 11.7. The van der Waals surface area contributed by atoms with E-state index >= 15 is 0 Å². The highest BCUT2D eigenvalue weighted by Crippen LogP contribution is 2.63. The summed E-state index contributed by atoms with van der Waals surface area (Å²) in [5, 5.41) is 3.93. The lowest BCUT2D eigenvalue weighted by atomic mass is 9.49. The van der Waals surface area contributed by atoms with E-state index in [1.165, 1.54) is 19.4 Å². The number of azide groups is 1. The van der Waals surface area contributed by atoms with Crippen LogP contribution in [0.1, 0.15) is 72.6 Å². The standard InChI is InChI=1S/C24H37N3O4/c1-15-6-7-21-20(14-30-16(2)28)22(9-11-23(15,21)4)24(5)10-8-19(31-17(3)29)12-18(24)13-26-27-25/h18-22H,1,6-14H2,2-5H3/t18-,19+,20+,21?,22?,23-,24+/m1/s1. The Morgan fingerprint density at radius 1 is 1.16 bits per heavy atom. The number of nitrogens with zero attached hydrogens (tertiary/aromatic N) is 3. The van der Waals surface area contributed by atoms with Gasteiger partial charge in [-0.05, 0) is 79.1 Å². The van der Waals surface area contributed by atoms with Crippen LogP contribution in [0.3, 0.4) is 0 Å². The van der Waals surface area contributed by atoms with Crippen molar-refractivity contribution >= 4 is 11.9 Å². The molecule has 3 fully saturated rings. The molecular weight excluding hydrogens is 394 g/mol. The summed E-state index contributed by atoms with van der Waals surface area (Å²) in [6.07, 6.45) is 6.56. The number of ether oxygens (including phenoxy) is 2. The lowest BCUT2D eigenvalue weighted by Crippen LogP contribution is -2.52. The molecule has 0 spiro atoms. The summed E-state index contributed by atoms with van der Waals surface area (Å²) in [7, 11) is 0. The van der Waals surface area contributed by atoms with Gasteiger partial charge < -0.3 is 9.47 Å². The summed E-state index contributed by atoms with van der Waals surface area (Å²) in [6, 6.07) is 0. The normalized spacial score (nSPS) is 39.9. The highest BCUT2D eigenvalue weighted by molar-refractivity contribution is 5.66. The third-order valence-electron chi connectivity index (χ3n) is 8.90. The van der Waals surface area contributed by atoms with Crippen LogP contribution in [-0.4, -0.2) is 31.2 Å². The van der Waals surface area contributed by atoms with Crippen LogP contribution in [0.2, 0.25) is 0 Å². The summed E-state index contributed by atoms with van der Waals surface area (Å²) in [4.78, 5) is 26.2. The molecule has 0 aromatic heterocycles. The number of carbonyl (C=O) groups excluding carboxylic acids is 2. The van der Waals surface area contributed by atoms with Crippen molar-refractivity contribution in [2.75, 3.05) is 13.2 Å². The second-order valence-electron chi connectivity index (χ2n) is 10.4.